The van der Waals surface area contributed by atoms with Gasteiger partial charge < -0.3 is 9.73 Å². The SMILES string of the molecule is CCCN(CCC)Cc1cc(CNC)oc1C. The molecule has 0 saturated heterocycles. The standard InChI is InChI=1S/C14H26N2O/c1-5-7-16(8-6-2)11-13-9-14(10-15-4)17-12(13)3/h9,15H,5-8,10-11H2,1-4H3. The van der Waals surface area contributed by atoms with E-state index in [1.807, 2.05) is 7.05 Å². The Morgan fingerprint density at radius 1 is 1.24 bits per heavy atom. The van der Waals surface area contributed by atoms with Gasteiger partial charge in [0.1, 0.15) is 11.5 Å². The highest BCUT2D eigenvalue weighted by Crippen LogP contribution is 2.17. The second-order valence-electron chi connectivity index (χ2n) is 4.60. The lowest BCUT2D eigenvalue weighted by Crippen LogP contribution is -2.24. The number of rotatable bonds is 8. The van der Waals surface area contributed by atoms with E-state index < -0.39 is 0 Å². The van der Waals surface area contributed by atoms with Crippen LogP contribution in [-0.4, -0.2) is 25.0 Å². The normalized spacial score (nSPS) is 11.4. The number of hydrogen-bond donors (Lipinski definition) is 1. The Balaban J connectivity index is 2.64. The van der Waals surface area contributed by atoms with Gasteiger partial charge in [-0.25, -0.2) is 0 Å². The van der Waals surface area contributed by atoms with Gasteiger partial charge in [-0.15, -0.1) is 0 Å². The number of aryl methyl sites for hydroxylation is 1. The zero-order valence-corrected chi connectivity index (χ0v) is 11.7. The quantitative estimate of drug-likeness (QED) is 0.755. The molecule has 17 heavy (non-hydrogen) atoms. The second-order valence-corrected chi connectivity index (χ2v) is 4.60. The maximum atomic E-state index is 5.72. The molecule has 1 aromatic rings. The van der Waals surface area contributed by atoms with Crippen LogP contribution in [0.1, 0.15) is 43.8 Å². The van der Waals surface area contributed by atoms with E-state index in [0.717, 1.165) is 24.6 Å². The number of furan rings is 1. The van der Waals surface area contributed by atoms with Crippen molar-refractivity contribution in [3.05, 3.63) is 23.2 Å². The van der Waals surface area contributed by atoms with Crippen LogP contribution in [0.2, 0.25) is 0 Å². The van der Waals surface area contributed by atoms with E-state index in [0.29, 0.717) is 0 Å². The number of nitrogens with one attached hydrogen (secondary N) is 1. The highest BCUT2D eigenvalue weighted by Gasteiger charge is 2.10. The molecule has 0 radical (unpaired) electrons. The average Bonchev–Trinajstić information content (AvgIpc) is 2.60. The van der Waals surface area contributed by atoms with Crippen molar-refractivity contribution in [1.29, 1.82) is 0 Å². The predicted octanol–water partition coefficient (Wildman–Crippen LogP) is 2.93. The lowest BCUT2D eigenvalue weighted by molar-refractivity contribution is 0.265. The molecular formula is C14H26N2O. The third-order valence-electron chi connectivity index (χ3n) is 2.90. The van der Waals surface area contributed by atoms with E-state index >= 15 is 0 Å². The summed E-state index contributed by atoms with van der Waals surface area (Å²) in [5.41, 5.74) is 1.33. The van der Waals surface area contributed by atoms with Gasteiger partial charge in [-0.3, -0.25) is 4.90 Å². The Morgan fingerprint density at radius 2 is 1.88 bits per heavy atom. The van der Waals surface area contributed by atoms with Crippen molar-refractivity contribution < 1.29 is 4.42 Å². The Kier molecular flexibility index (Phi) is 6.30. The van der Waals surface area contributed by atoms with Crippen LogP contribution in [0.3, 0.4) is 0 Å². The highest BCUT2D eigenvalue weighted by atomic mass is 16.3. The van der Waals surface area contributed by atoms with Crippen LogP contribution in [-0.2, 0) is 13.1 Å². The van der Waals surface area contributed by atoms with Crippen molar-refractivity contribution in [1.82, 2.24) is 10.2 Å². The summed E-state index contributed by atoms with van der Waals surface area (Å²) >= 11 is 0. The summed E-state index contributed by atoms with van der Waals surface area (Å²) in [5, 5.41) is 3.12. The topological polar surface area (TPSA) is 28.4 Å². The van der Waals surface area contributed by atoms with Crippen molar-refractivity contribution in [2.45, 2.75) is 46.7 Å². The van der Waals surface area contributed by atoms with Gasteiger partial charge in [-0.1, -0.05) is 13.8 Å². The van der Waals surface area contributed by atoms with Crippen LogP contribution in [0.4, 0.5) is 0 Å². The molecule has 0 aliphatic heterocycles. The molecule has 3 heteroatoms. The van der Waals surface area contributed by atoms with E-state index in [4.69, 9.17) is 4.42 Å². The fourth-order valence-electron chi connectivity index (χ4n) is 2.15. The van der Waals surface area contributed by atoms with E-state index in [-0.39, 0.29) is 0 Å². The summed E-state index contributed by atoms with van der Waals surface area (Å²) in [6.07, 6.45) is 2.42. The molecule has 0 spiro atoms. The van der Waals surface area contributed by atoms with Gasteiger partial charge in [0.2, 0.25) is 0 Å². The van der Waals surface area contributed by atoms with Gasteiger partial charge in [-0.2, -0.15) is 0 Å². The summed E-state index contributed by atoms with van der Waals surface area (Å²) in [6.45, 7) is 10.7. The molecule has 0 saturated carbocycles. The lowest BCUT2D eigenvalue weighted by Gasteiger charge is -2.20. The first-order valence-electron chi connectivity index (χ1n) is 6.66. The molecule has 1 rings (SSSR count). The minimum atomic E-state index is 0.808. The maximum absolute atomic E-state index is 5.72. The number of nitrogens with zero attached hydrogens (tertiary/aromatic N) is 1. The summed E-state index contributed by atoms with van der Waals surface area (Å²) in [6, 6.07) is 2.18. The maximum Gasteiger partial charge on any atom is 0.118 e. The van der Waals surface area contributed by atoms with Crippen LogP contribution in [0.5, 0.6) is 0 Å². The Bertz CT molecular complexity index is 314. The molecule has 1 N–H and O–H groups in total. The first kappa shape index (κ1) is 14.3. The van der Waals surface area contributed by atoms with E-state index in [1.165, 1.54) is 31.5 Å². The molecule has 0 atom stereocenters. The Labute approximate surface area is 105 Å². The summed E-state index contributed by atoms with van der Waals surface area (Å²) in [5.74, 6) is 2.10. The van der Waals surface area contributed by atoms with Crippen molar-refractivity contribution in [3.8, 4) is 0 Å². The molecule has 1 aromatic heterocycles. The van der Waals surface area contributed by atoms with Crippen molar-refractivity contribution in [2.24, 2.45) is 0 Å². The van der Waals surface area contributed by atoms with E-state index in [1.54, 1.807) is 0 Å². The third-order valence-corrected chi connectivity index (χ3v) is 2.90. The van der Waals surface area contributed by atoms with Crippen LogP contribution in [0.25, 0.3) is 0 Å². The van der Waals surface area contributed by atoms with Crippen LogP contribution >= 0.6 is 0 Å². The van der Waals surface area contributed by atoms with Crippen LogP contribution < -0.4 is 5.32 Å². The molecule has 0 aliphatic carbocycles. The zero-order chi connectivity index (χ0) is 12.7. The second kappa shape index (κ2) is 7.51. The minimum Gasteiger partial charge on any atom is -0.465 e. The molecular weight excluding hydrogens is 212 g/mol. The van der Waals surface area contributed by atoms with Crippen LogP contribution in [0, 0.1) is 6.92 Å². The Morgan fingerprint density at radius 3 is 2.41 bits per heavy atom. The average molecular weight is 238 g/mol. The largest absolute Gasteiger partial charge is 0.465 e. The fraction of sp³-hybridized carbons (Fsp3) is 0.714. The molecule has 0 unspecified atom stereocenters. The van der Waals surface area contributed by atoms with Crippen molar-refractivity contribution in [3.63, 3.8) is 0 Å². The smallest absolute Gasteiger partial charge is 0.118 e. The predicted molar refractivity (Wildman–Crippen MR) is 72.1 cm³/mol. The van der Waals surface area contributed by atoms with Gasteiger partial charge in [0.25, 0.3) is 0 Å². The molecule has 0 aromatic carbocycles. The summed E-state index contributed by atoms with van der Waals surface area (Å²) < 4.78 is 5.72. The molecule has 98 valence electrons. The Hall–Kier alpha value is -0.800. The molecule has 0 amide bonds. The fourth-order valence-corrected chi connectivity index (χ4v) is 2.15. The summed E-state index contributed by atoms with van der Waals surface area (Å²) in [7, 11) is 1.94. The highest BCUT2D eigenvalue weighted by molar-refractivity contribution is 5.20. The van der Waals surface area contributed by atoms with E-state index in [2.05, 4.69) is 37.1 Å². The van der Waals surface area contributed by atoms with Gasteiger partial charge >= 0.3 is 0 Å². The lowest BCUT2D eigenvalue weighted by atomic mass is 10.2. The minimum absolute atomic E-state index is 0.808. The molecule has 0 bridgehead atoms. The van der Waals surface area contributed by atoms with Crippen LogP contribution in [0.15, 0.2) is 10.5 Å². The molecule has 0 fully saturated rings. The first-order valence-corrected chi connectivity index (χ1v) is 6.66. The third kappa shape index (κ3) is 4.52. The van der Waals surface area contributed by atoms with Gasteiger partial charge in [0.15, 0.2) is 0 Å². The summed E-state index contributed by atoms with van der Waals surface area (Å²) in [4.78, 5) is 2.50. The van der Waals surface area contributed by atoms with E-state index in [9.17, 15) is 0 Å². The molecule has 0 aliphatic rings. The number of hydrogen-bond acceptors (Lipinski definition) is 3. The first-order chi connectivity index (χ1) is 8.21. The van der Waals surface area contributed by atoms with Crippen molar-refractivity contribution >= 4 is 0 Å². The van der Waals surface area contributed by atoms with Crippen molar-refractivity contribution in [2.75, 3.05) is 20.1 Å². The molecule has 3 nitrogen and oxygen atoms in total. The van der Waals surface area contributed by atoms with Gasteiger partial charge in [-0.05, 0) is 46.0 Å². The monoisotopic (exact) mass is 238 g/mol. The zero-order valence-electron chi connectivity index (χ0n) is 11.7. The van der Waals surface area contributed by atoms with Gasteiger partial charge in [0.05, 0.1) is 6.54 Å². The molecule has 1 heterocycles. The van der Waals surface area contributed by atoms with Gasteiger partial charge in [0, 0.05) is 12.1 Å².